The van der Waals surface area contributed by atoms with Gasteiger partial charge in [-0.2, -0.15) is 5.26 Å². The number of aromatic nitrogens is 2. The Kier molecular flexibility index (Phi) is 3.84. The minimum Gasteiger partial charge on any atom is -0.495 e. The number of hydrogen-bond acceptors (Lipinski definition) is 5. The molecule has 0 fully saturated rings. The van der Waals surface area contributed by atoms with Gasteiger partial charge in [-0.3, -0.25) is 5.10 Å². The zero-order valence-electron chi connectivity index (χ0n) is 12.3. The van der Waals surface area contributed by atoms with Gasteiger partial charge in [0.2, 0.25) is 11.8 Å². The first-order valence-corrected chi connectivity index (χ1v) is 7.38. The van der Waals surface area contributed by atoms with Gasteiger partial charge in [-0.05, 0) is 19.1 Å². The molecule has 6 nitrogen and oxygen atoms in total. The van der Waals surface area contributed by atoms with E-state index in [0.717, 1.165) is 5.69 Å². The molecule has 0 bridgehead atoms. The Hall–Kier alpha value is -2.36. The molecule has 0 saturated carbocycles. The summed E-state index contributed by atoms with van der Waals surface area (Å²) in [6.07, 6.45) is 0. The van der Waals surface area contributed by atoms with E-state index in [1.165, 1.54) is 7.11 Å². The van der Waals surface area contributed by atoms with Crippen LogP contribution in [-0.2, 0) is 0 Å². The Morgan fingerprint density at radius 1 is 1.43 bits per heavy atom. The number of benzene rings is 1. The Labute approximate surface area is 142 Å². The summed E-state index contributed by atoms with van der Waals surface area (Å²) in [6.45, 7) is 1.83. The third-order valence-electron chi connectivity index (χ3n) is 3.68. The van der Waals surface area contributed by atoms with Crippen molar-refractivity contribution in [2.45, 2.75) is 12.8 Å². The van der Waals surface area contributed by atoms with E-state index < -0.39 is 5.92 Å². The van der Waals surface area contributed by atoms with Gasteiger partial charge >= 0.3 is 0 Å². The van der Waals surface area contributed by atoms with Crippen LogP contribution < -0.4 is 15.2 Å². The molecule has 2 heterocycles. The molecule has 0 spiro atoms. The van der Waals surface area contributed by atoms with Crippen LogP contribution in [-0.4, -0.2) is 17.3 Å². The second kappa shape index (κ2) is 5.69. The summed E-state index contributed by atoms with van der Waals surface area (Å²) in [5.41, 5.74) is 8.21. The fourth-order valence-electron chi connectivity index (χ4n) is 2.72. The highest BCUT2D eigenvalue weighted by Gasteiger charge is 2.36. The summed E-state index contributed by atoms with van der Waals surface area (Å²) in [5, 5.41) is 17.2. The summed E-state index contributed by atoms with van der Waals surface area (Å²) in [7, 11) is 1.50. The SMILES string of the molecule is COc1c(Cl)cc(Cl)cc1[C@@H]1C(C#N)=C(N)Oc2n[nH]c(C)c21. The van der Waals surface area contributed by atoms with Crippen LogP contribution in [0.25, 0.3) is 0 Å². The van der Waals surface area contributed by atoms with Gasteiger partial charge in [-0.15, -0.1) is 5.10 Å². The van der Waals surface area contributed by atoms with Crippen LogP contribution >= 0.6 is 23.2 Å². The lowest BCUT2D eigenvalue weighted by molar-refractivity contribution is 0.375. The van der Waals surface area contributed by atoms with Gasteiger partial charge in [0.15, 0.2) is 0 Å². The van der Waals surface area contributed by atoms with Crippen LogP contribution in [0.4, 0.5) is 0 Å². The number of aryl methyl sites for hydroxylation is 1. The summed E-state index contributed by atoms with van der Waals surface area (Å²) in [6, 6.07) is 5.37. The quantitative estimate of drug-likeness (QED) is 0.866. The average Bonchev–Trinajstić information content (AvgIpc) is 2.86. The van der Waals surface area contributed by atoms with Crippen molar-refractivity contribution in [2.24, 2.45) is 5.73 Å². The molecule has 3 rings (SSSR count). The minimum absolute atomic E-state index is 0.00495. The number of aromatic amines is 1. The summed E-state index contributed by atoms with van der Waals surface area (Å²) < 4.78 is 10.8. The number of H-pyrrole nitrogens is 1. The van der Waals surface area contributed by atoms with Crippen molar-refractivity contribution in [1.29, 1.82) is 5.26 Å². The molecule has 0 unspecified atom stereocenters. The number of fused-ring (bicyclic) bond motifs is 1. The molecule has 1 aromatic carbocycles. The van der Waals surface area contributed by atoms with E-state index in [0.29, 0.717) is 32.8 Å². The second-order valence-corrected chi connectivity index (χ2v) is 5.85. The molecule has 118 valence electrons. The highest BCUT2D eigenvalue weighted by atomic mass is 35.5. The lowest BCUT2D eigenvalue weighted by Gasteiger charge is -2.25. The molecular weight excluding hydrogens is 339 g/mol. The van der Waals surface area contributed by atoms with Gasteiger partial charge < -0.3 is 15.2 Å². The van der Waals surface area contributed by atoms with E-state index in [9.17, 15) is 5.26 Å². The lowest BCUT2D eigenvalue weighted by atomic mass is 9.83. The largest absolute Gasteiger partial charge is 0.495 e. The fraction of sp³-hybridized carbons (Fsp3) is 0.200. The average molecular weight is 351 g/mol. The van der Waals surface area contributed by atoms with Gasteiger partial charge in [-0.1, -0.05) is 23.2 Å². The lowest BCUT2D eigenvalue weighted by Crippen LogP contribution is -2.21. The van der Waals surface area contributed by atoms with Gasteiger partial charge in [0.1, 0.15) is 17.4 Å². The first kappa shape index (κ1) is 15.5. The Morgan fingerprint density at radius 3 is 2.83 bits per heavy atom. The van der Waals surface area contributed by atoms with Gasteiger partial charge in [0.25, 0.3) is 0 Å². The molecule has 1 aliphatic rings. The van der Waals surface area contributed by atoms with E-state index in [-0.39, 0.29) is 11.5 Å². The Bertz CT molecular complexity index is 867. The number of hydrogen-bond donors (Lipinski definition) is 2. The normalized spacial score (nSPS) is 16.6. The number of rotatable bonds is 2. The molecule has 2 aromatic rings. The maximum atomic E-state index is 9.54. The number of nitriles is 1. The van der Waals surface area contributed by atoms with Crippen molar-refractivity contribution in [3.8, 4) is 17.7 Å². The molecule has 0 aliphatic carbocycles. The third kappa shape index (κ3) is 2.38. The molecule has 8 heteroatoms. The zero-order valence-corrected chi connectivity index (χ0v) is 13.8. The zero-order chi connectivity index (χ0) is 16.7. The second-order valence-electron chi connectivity index (χ2n) is 5.00. The summed E-state index contributed by atoms with van der Waals surface area (Å²) >= 11 is 12.4. The van der Waals surface area contributed by atoms with E-state index in [2.05, 4.69) is 16.3 Å². The van der Waals surface area contributed by atoms with Crippen LogP contribution in [0.3, 0.4) is 0 Å². The number of nitrogens with one attached hydrogen (secondary N) is 1. The van der Waals surface area contributed by atoms with E-state index in [1.807, 2.05) is 6.92 Å². The van der Waals surface area contributed by atoms with Crippen molar-refractivity contribution in [2.75, 3.05) is 7.11 Å². The molecule has 23 heavy (non-hydrogen) atoms. The molecule has 1 aromatic heterocycles. The maximum Gasteiger partial charge on any atom is 0.244 e. The van der Waals surface area contributed by atoms with Crippen molar-refractivity contribution >= 4 is 23.2 Å². The van der Waals surface area contributed by atoms with Crippen molar-refractivity contribution < 1.29 is 9.47 Å². The molecule has 1 aliphatic heterocycles. The molecule has 3 N–H and O–H groups in total. The van der Waals surface area contributed by atoms with Crippen LogP contribution in [0.1, 0.15) is 22.7 Å². The van der Waals surface area contributed by atoms with Crippen molar-refractivity contribution in [3.63, 3.8) is 0 Å². The number of methoxy groups -OCH3 is 1. The summed E-state index contributed by atoms with van der Waals surface area (Å²) in [5.74, 6) is 0.209. The van der Waals surface area contributed by atoms with Crippen LogP contribution in [0.5, 0.6) is 11.6 Å². The van der Waals surface area contributed by atoms with E-state index in [1.54, 1.807) is 12.1 Å². The fourth-order valence-corrected chi connectivity index (χ4v) is 3.31. The van der Waals surface area contributed by atoms with Gasteiger partial charge in [0, 0.05) is 21.8 Å². The van der Waals surface area contributed by atoms with E-state index >= 15 is 0 Å². The van der Waals surface area contributed by atoms with E-state index in [4.69, 9.17) is 38.4 Å². The molecular formula is C15H12Cl2N4O2. The van der Waals surface area contributed by atoms with Crippen molar-refractivity contribution in [3.05, 3.63) is 50.5 Å². The predicted molar refractivity (Wildman–Crippen MR) is 85.6 cm³/mol. The first-order chi connectivity index (χ1) is 11.0. The molecule has 0 amide bonds. The number of ether oxygens (including phenoxy) is 2. The number of halogens is 2. The van der Waals surface area contributed by atoms with Gasteiger partial charge in [-0.25, -0.2) is 0 Å². The van der Waals surface area contributed by atoms with Crippen molar-refractivity contribution in [1.82, 2.24) is 10.2 Å². The van der Waals surface area contributed by atoms with Crippen LogP contribution in [0.15, 0.2) is 23.6 Å². The highest BCUT2D eigenvalue weighted by Crippen LogP contribution is 2.47. The molecule has 0 saturated heterocycles. The number of nitrogens with zero attached hydrogens (tertiary/aromatic N) is 2. The predicted octanol–water partition coefficient (Wildman–Crippen LogP) is 3.25. The maximum absolute atomic E-state index is 9.54. The standard InChI is InChI=1S/C15H12Cl2N4O2/c1-6-11-12(8-3-7(16)4-10(17)13(8)22-2)9(5-18)14(19)23-15(11)21-20-6/h3-4,12H,19H2,1-2H3,(H,20,21)/t12-/m1/s1. The highest BCUT2D eigenvalue weighted by molar-refractivity contribution is 6.35. The van der Waals surface area contributed by atoms with Crippen LogP contribution in [0, 0.1) is 18.3 Å². The van der Waals surface area contributed by atoms with Gasteiger partial charge in [0.05, 0.1) is 18.1 Å². The Morgan fingerprint density at radius 2 is 2.17 bits per heavy atom. The summed E-state index contributed by atoms with van der Waals surface area (Å²) in [4.78, 5) is 0. The molecule has 0 radical (unpaired) electrons. The Balaban J connectivity index is 2.34. The topological polar surface area (TPSA) is 96.9 Å². The third-order valence-corrected chi connectivity index (χ3v) is 4.18. The minimum atomic E-state index is -0.534. The first-order valence-electron chi connectivity index (χ1n) is 6.63. The number of nitrogens with two attached hydrogens (primary N) is 1. The monoisotopic (exact) mass is 350 g/mol. The number of allylic oxidation sites excluding steroid dienone is 1. The molecule has 1 atom stereocenters. The van der Waals surface area contributed by atoms with Crippen LogP contribution in [0.2, 0.25) is 10.0 Å². The smallest absolute Gasteiger partial charge is 0.244 e.